The number of hydrogen-bond donors (Lipinski definition) is 1. The molecule has 0 amide bonds. The Bertz CT molecular complexity index is 295. The summed E-state index contributed by atoms with van der Waals surface area (Å²) in [4.78, 5) is 4.89. The second kappa shape index (κ2) is 6.01. The molecule has 2 fully saturated rings. The summed E-state index contributed by atoms with van der Waals surface area (Å²) in [6, 6.07) is 3.08. The zero-order valence-corrected chi connectivity index (χ0v) is 11.8. The van der Waals surface area contributed by atoms with Gasteiger partial charge in [-0.2, -0.15) is 5.26 Å². The number of nitrogens with zero attached hydrogens (tertiary/aromatic N) is 3. The van der Waals surface area contributed by atoms with Crippen molar-refractivity contribution in [3.8, 4) is 6.07 Å². The van der Waals surface area contributed by atoms with Gasteiger partial charge in [-0.25, -0.2) is 0 Å². The first-order valence-corrected chi connectivity index (χ1v) is 7.24. The van der Waals surface area contributed by atoms with Gasteiger partial charge in [0.15, 0.2) is 0 Å². The van der Waals surface area contributed by atoms with Crippen LogP contribution in [-0.4, -0.2) is 61.2 Å². The SMILES string of the molecule is CCCNC1CCN(C2(CC#N)CN(C)C2)CC1. The molecule has 4 nitrogen and oxygen atoms in total. The lowest BCUT2D eigenvalue weighted by atomic mass is 9.83. The minimum Gasteiger partial charge on any atom is -0.314 e. The molecule has 2 heterocycles. The molecule has 2 saturated heterocycles. The summed E-state index contributed by atoms with van der Waals surface area (Å²) in [6.45, 7) is 7.78. The molecular formula is C14H26N4. The fraction of sp³-hybridized carbons (Fsp3) is 0.929. The van der Waals surface area contributed by atoms with Gasteiger partial charge in [-0.1, -0.05) is 6.92 Å². The second-order valence-corrected chi connectivity index (χ2v) is 5.95. The van der Waals surface area contributed by atoms with Crippen molar-refractivity contribution in [2.45, 2.75) is 44.2 Å². The lowest BCUT2D eigenvalue weighted by molar-refractivity contribution is -0.0513. The Kier molecular flexibility index (Phi) is 4.60. The van der Waals surface area contributed by atoms with Crippen molar-refractivity contribution < 1.29 is 0 Å². The topological polar surface area (TPSA) is 42.3 Å². The molecule has 2 aliphatic heterocycles. The number of likely N-dealkylation sites (N-methyl/N-ethyl adjacent to an activating group) is 1. The van der Waals surface area contributed by atoms with Crippen LogP contribution in [0.5, 0.6) is 0 Å². The molecule has 0 saturated carbocycles. The van der Waals surface area contributed by atoms with Crippen LogP contribution in [0.2, 0.25) is 0 Å². The average Bonchev–Trinajstić information content (AvgIpc) is 2.35. The maximum absolute atomic E-state index is 9.04. The number of nitrogens with one attached hydrogen (secondary N) is 1. The molecule has 2 aliphatic rings. The summed E-state index contributed by atoms with van der Waals surface area (Å²) in [7, 11) is 2.14. The maximum Gasteiger partial charge on any atom is 0.0642 e. The van der Waals surface area contributed by atoms with Crippen molar-refractivity contribution in [3.05, 3.63) is 0 Å². The van der Waals surface area contributed by atoms with E-state index in [-0.39, 0.29) is 5.54 Å². The van der Waals surface area contributed by atoms with Crippen LogP contribution in [0.3, 0.4) is 0 Å². The molecule has 18 heavy (non-hydrogen) atoms. The van der Waals surface area contributed by atoms with Gasteiger partial charge in [0.2, 0.25) is 0 Å². The van der Waals surface area contributed by atoms with Crippen molar-refractivity contribution in [1.29, 1.82) is 5.26 Å². The number of nitriles is 1. The zero-order chi connectivity index (χ0) is 13.0. The largest absolute Gasteiger partial charge is 0.314 e. The average molecular weight is 250 g/mol. The molecule has 1 N–H and O–H groups in total. The Morgan fingerprint density at radius 2 is 2.00 bits per heavy atom. The Morgan fingerprint density at radius 3 is 2.50 bits per heavy atom. The summed E-state index contributed by atoms with van der Waals surface area (Å²) in [5.41, 5.74) is 0.166. The molecule has 0 aliphatic carbocycles. The summed E-state index contributed by atoms with van der Waals surface area (Å²) in [6.07, 6.45) is 4.36. The van der Waals surface area contributed by atoms with E-state index >= 15 is 0 Å². The van der Waals surface area contributed by atoms with E-state index in [1.54, 1.807) is 0 Å². The molecule has 0 unspecified atom stereocenters. The van der Waals surface area contributed by atoms with Gasteiger partial charge in [0, 0.05) is 32.2 Å². The molecule has 0 spiro atoms. The molecular weight excluding hydrogens is 224 g/mol. The summed E-state index contributed by atoms with van der Waals surface area (Å²) in [5.74, 6) is 0. The molecule has 0 aromatic carbocycles. The zero-order valence-electron chi connectivity index (χ0n) is 11.8. The fourth-order valence-electron chi connectivity index (χ4n) is 3.44. The van der Waals surface area contributed by atoms with Crippen LogP contribution < -0.4 is 5.32 Å². The lowest BCUT2D eigenvalue weighted by Crippen LogP contribution is -2.70. The standard InChI is InChI=1S/C14H26N4/c1-3-8-16-13-4-9-18(10-5-13)14(6-7-15)11-17(2)12-14/h13,16H,3-6,8-12H2,1-2H3. The highest BCUT2D eigenvalue weighted by atomic mass is 15.3. The van der Waals surface area contributed by atoms with E-state index in [2.05, 4.69) is 35.2 Å². The molecule has 0 bridgehead atoms. The van der Waals surface area contributed by atoms with Crippen LogP contribution in [0, 0.1) is 11.3 Å². The molecule has 0 aromatic rings. The van der Waals surface area contributed by atoms with Crippen molar-refractivity contribution in [2.24, 2.45) is 0 Å². The predicted molar refractivity (Wildman–Crippen MR) is 73.3 cm³/mol. The monoisotopic (exact) mass is 250 g/mol. The second-order valence-electron chi connectivity index (χ2n) is 5.95. The highest BCUT2D eigenvalue weighted by Gasteiger charge is 2.46. The number of rotatable bonds is 5. The first kappa shape index (κ1) is 13.8. The van der Waals surface area contributed by atoms with E-state index in [9.17, 15) is 0 Å². The molecule has 2 rings (SSSR count). The molecule has 4 heteroatoms. The Labute approximate surface area is 111 Å². The van der Waals surface area contributed by atoms with E-state index in [0.717, 1.165) is 32.7 Å². The minimum absolute atomic E-state index is 0.166. The first-order valence-electron chi connectivity index (χ1n) is 7.24. The third-order valence-corrected chi connectivity index (χ3v) is 4.39. The Morgan fingerprint density at radius 1 is 1.33 bits per heavy atom. The van der Waals surface area contributed by atoms with Crippen molar-refractivity contribution in [1.82, 2.24) is 15.1 Å². The normalized spacial score (nSPS) is 25.6. The van der Waals surface area contributed by atoms with E-state index in [4.69, 9.17) is 5.26 Å². The molecule has 0 atom stereocenters. The fourth-order valence-corrected chi connectivity index (χ4v) is 3.44. The van der Waals surface area contributed by atoms with E-state index in [1.807, 2.05) is 0 Å². The van der Waals surface area contributed by atoms with Crippen molar-refractivity contribution in [3.63, 3.8) is 0 Å². The minimum atomic E-state index is 0.166. The molecule has 0 aromatic heterocycles. The maximum atomic E-state index is 9.04. The van der Waals surface area contributed by atoms with E-state index in [1.165, 1.54) is 19.3 Å². The predicted octanol–water partition coefficient (Wildman–Crippen LogP) is 1.05. The lowest BCUT2D eigenvalue weighted by Gasteiger charge is -2.55. The van der Waals surface area contributed by atoms with Crippen LogP contribution in [0.15, 0.2) is 0 Å². The summed E-state index contributed by atoms with van der Waals surface area (Å²) in [5, 5.41) is 12.7. The van der Waals surface area contributed by atoms with Crippen molar-refractivity contribution >= 4 is 0 Å². The van der Waals surface area contributed by atoms with Gasteiger partial charge in [0.05, 0.1) is 18.0 Å². The quantitative estimate of drug-likeness (QED) is 0.792. The van der Waals surface area contributed by atoms with Gasteiger partial charge in [-0.05, 0) is 32.9 Å². The number of likely N-dealkylation sites (tertiary alicyclic amines) is 2. The van der Waals surface area contributed by atoms with Gasteiger partial charge < -0.3 is 10.2 Å². The smallest absolute Gasteiger partial charge is 0.0642 e. The van der Waals surface area contributed by atoms with Gasteiger partial charge in [-0.15, -0.1) is 0 Å². The number of piperidine rings is 1. The Balaban J connectivity index is 1.83. The van der Waals surface area contributed by atoms with Gasteiger partial charge in [0.25, 0.3) is 0 Å². The molecule has 102 valence electrons. The van der Waals surface area contributed by atoms with Crippen LogP contribution in [-0.2, 0) is 0 Å². The summed E-state index contributed by atoms with van der Waals surface area (Å²) >= 11 is 0. The van der Waals surface area contributed by atoms with Gasteiger partial charge in [0.1, 0.15) is 0 Å². The third kappa shape index (κ3) is 2.85. The first-order chi connectivity index (χ1) is 8.70. The van der Waals surface area contributed by atoms with Crippen LogP contribution in [0.25, 0.3) is 0 Å². The van der Waals surface area contributed by atoms with Crippen molar-refractivity contribution in [2.75, 3.05) is 39.8 Å². The Hall–Kier alpha value is -0.630. The van der Waals surface area contributed by atoms with Crippen LogP contribution in [0.4, 0.5) is 0 Å². The third-order valence-electron chi connectivity index (χ3n) is 4.39. The number of hydrogen-bond acceptors (Lipinski definition) is 4. The van der Waals surface area contributed by atoms with E-state index in [0.29, 0.717) is 12.5 Å². The van der Waals surface area contributed by atoms with E-state index < -0.39 is 0 Å². The highest BCUT2D eigenvalue weighted by molar-refractivity contribution is 5.08. The van der Waals surface area contributed by atoms with Gasteiger partial charge in [-0.3, -0.25) is 4.90 Å². The van der Waals surface area contributed by atoms with Crippen LogP contribution in [0.1, 0.15) is 32.6 Å². The highest BCUT2D eigenvalue weighted by Crippen LogP contribution is 2.32. The summed E-state index contributed by atoms with van der Waals surface area (Å²) < 4.78 is 0. The molecule has 0 radical (unpaired) electrons. The van der Waals surface area contributed by atoms with Crippen LogP contribution >= 0.6 is 0 Å². The van der Waals surface area contributed by atoms with Gasteiger partial charge >= 0.3 is 0 Å².